The number of rotatable bonds is 6. The summed E-state index contributed by atoms with van der Waals surface area (Å²) in [6.07, 6.45) is 0. The van der Waals surface area contributed by atoms with Crippen molar-refractivity contribution in [1.29, 1.82) is 0 Å². The normalized spacial score (nSPS) is 10.7. The van der Waals surface area contributed by atoms with Crippen molar-refractivity contribution in [2.75, 3.05) is 11.1 Å². The van der Waals surface area contributed by atoms with Gasteiger partial charge in [-0.25, -0.2) is 0 Å². The Bertz CT molecular complexity index is 911. The van der Waals surface area contributed by atoms with Crippen molar-refractivity contribution >= 4 is 35.0 Å². The van der Waals surface area contributed by atoms with E-state index in [1.165, 1.54) is 11.8 Å². The van der Waals surface area contributed by atoms with E-state index < -0.39 is 0 Å². The van der Waals surface area contributed by atoms with E-state index in [1.54, 1.807) is 6.07 Å². The third kappa shape index (κ3) is 4.26. The predicted octanol–water partition coefficient (Wildman–Crippen LogP) is 4.66. The molecule has 0 radical (unpaired) electrons. The Morgan fingerprint density at radius 1 is 1.19 bits per heavy atom. The number of thioether (sulfide) groups is 1. The maximum atomic E-state index is 12.3. The highest BCUT2D eigenvalue weighted by Crippen LogP contribution is 2.24. The molecule has 0 fully saturated rings. The van der Waals surface area contributed by atoms with Crippen LogP contribution in [0.25, 0.3) is 11.4 Å². The molecule has 1 aromatic heterocycles. The molecule has 5 nitrogen and oxygen atoms in total. The number of anilines is 1. The molecular formula is C19H19ClN4OS. The minimum absolute atomic E-state index is 0.0904. The quantitative estimate of drug-likeness (QED) is 0.626. The summed E-state index contributed by atoms with van der Waals surface area (Å²) < 4.78 is 2.01. The second kappa shape index (κ2) is 8.38. The molecule has 3 rings (SSSR count). The molecule has 0 spiro atoms. The summed E-state index contributed by atoms with van der Waals surface area (Å²) in [4.78, 5) is 12.3. The Hall–Kier alpha value is -2.31. The molecule has 0 aliphatic carbocycles. The number of carbonyl (C=O) groups is 1. The first kappa shape index (κ1) is 18.5. The molecule has 134 valence electrons. The zero-order valence-corrected chi connectivity index (χ0v) is 16.1. The van der Waals surface area contributed by atoms with E-state index in [0.29, 0.717) is 5.02 Å². The first-order chi connectivity index (χ1) is 12.6. The summed E-state index contributed by atoms with van der Waals surface area (Å²) in [5.41, 5.74) is 2.70. The molecule has 7 heteroatoms. The third-order valence-corrected chi connectivity index (χ3v) is 5.06. The standard InChI is InChI=1S/C19H19ClN4OS/c1-3-24-18(14-7-5-4-6-8-14)22-23-19(24)26-12-17(25)21-16-10-9-15(20)11-13(16)2/h4-11H,3,12H2,1-2H3,(H,21,25). The number of aromatic nitrogens is 3. The van der Waals surface area contributed by atoms with Gasteiger partial charge in [0.05, 0.1) is 5.75 Å². The molecule has 3 aromatic rings. The smallest absolute Gasteiger partial charge is 0.234 e. The van der Waals surface area contributed by atoms with Crippen molar-refractivity contribution in [3.8, 4) is 11.4 Å². The third-order valence-electron chi connectivity index (χ3n) is 3.86. The summed E-state index contributed by atoms with van der Waals surface area (Å²) in [6, 6.07) is 15.3. The largest absolute Gasteiger partial charge is 0.325 e. The lowest BCUT2D eigenvalue weighted by Crippen LogP contribution is -2.15. The van der Waals surface area contributed by atoms with Crippen LogP contribution in [0, 0.1) is 6.92 Å². The van der Waals surface area contributed by atoms with Crippen LogP contribution in [0.1, 0.15) is 12.5 Å². The van der Waals surface area contributed by atoms with Crippen LogP contribution in [0.5, 0.6) is 0 Å². The van der Waals surface area contributed by atoms with Gasteiger partial charge in [0, 0.05) is 22.8 Å². The van der Waals surface area contributed by atoms with Gasteiger partial charge in [0.25, 0.3) is 0 Å². The summed E-state index contributed by atoms with van der Waals surface area (Å²) in [7, 11) is 0. The van der Waals surface area contributed by atoms with Crippen LogP contribution >= 0.6 is 23.4 Å². The van der Waals surface area contributed by atoms with Gasteiger partial charge in [0.1, 0.15) is 0 Å². The van der Waals surface area contributed by atoms with Gasteiger partial charge in [0.2, 0.25) is 5.91 Å². The maximum Gasteiger partial charge on any atom is 0.234 e. The number of nitrogens with zero attached hydrogens (tertiary/aromatic N) is 3. The Morgan fingerprint density at radius 3 is 2.65 bits per heavy atom. The van der Waals surface area contributed by atoms with Gasteiger partial charge < -0.3 is 9.88 Å². The number of hydrogen-bond acceptors (Lipinski definition) is 4. The van der Waals surface area contributed by atoms with Crippen LogP contribution in [-0.4, -0.2) is 26.4 Å². The summed E-state index contributed by atoms with van der Waals surface area (Å²) in [5, 5.41) is 12.8. The number of benzene rings is 2. The average molecular weight is 387 g/mol. The minimum Gasteiger partial charge on any atom is -0.325 e. The fourth-order valence-corrected chi connectivity index (χ4v) is 3.59. The predicted molar refractivity (Wildman–Crippen MR) is 107 cm³/mol. The molecule has 0 aliphatic heterocycles. The zero-order chi connectivity index (χ0) is 18.5. The molecule has 1 amide bonds. The Morgan fingerprint density at radius 2 is 1.96 bits per heavy atom. The van der Waals surface area contributed by atoms with Crippen molar-refractivity contribution in [1.82, 2.24) is 14.8 Å². The molecule has 0 saturated carbocycles. The molecule has 0 saturated heterocycles. The molecule has 0 unspecified atom stereocenters. The summed E-state index contributed by atoms with van der Waals surface area (Å²) in [5.74, 6) is 0.978. The van der Waals surface area contributed by atoms with Crippen molar-refractivity contribution < 1.29 is 4.79 Å². The molecule has 2 aromatic carbocycles. The van der Waals surface area contributed by atoms with E-state index >= 15 is 0 Å². The SMILES string of the molecule is CCn1c(SCC(=O)Nc2ccc(Cl)cc2C)nnc1-c1ccccc1. The first-order valence-electron chi connectivity index (χ1n) is 8.26. The lowest BCUT2D eigenvalue weighted by Gasteiger charge is -2.09. The van der Waals surface area contributed by atoms with Gasteiger partial charge in [0.15, 0.2) is 11.0 Å². The van der Waals surface area contributed by atoms with E-state index in [4.69, 9.17) is 11.6 Å². The number of amides is 1. The fraction of sp³-hybridized carbons (Fsp3) is 0.211. The molecule has 0 bridgehead atoms. The molecule has 1 N–H and O–H groups in total. The van der Waals surface area contributed by atoms with Gasteiger partial charge in [-0.1, -0.05) is 53.7 Å². The van der Waals surface area contributed by atoms with Crippen LogP contribution in [0.15, 0.2) is 53.7 Å². The lowest BCUT2D eigenvalue weighted by atomic mass is 10.2. The second-order valence-electron chi connectivity index (χ2n) is 5.71. The van der Waals surface area contributed by atoms with Crippen molar-refractivity contribution in [2.24, 2.45) is 0 Å². The van der Waals surface area contributed by atoms with Crippen molar-refractivity contribution in [2.45, 2.75) is 25.5 Å². The highest BCUT2D eigenvalue weighted by molar-refractivity contribution is 7.99. The van der Waals surface area contributed by atoms with E-state index in [1.807, 2.05) is 60.9 Å². The number of halogens is 1. The second-order valence-corrected chi connectivity index (χ2v) is 7.09. The minimum atomic E-state index is -0.0904. The number of carbonyl (C=O) groups excluding carboxylic acids is 1. The summed E-state index contributed by atoms with van der Waals surface area (Å²) >= 11 is 7.32. The Labute approximate surface area is 161 Å². The van der Waals surface area contributed by atoms with Gasteiger partial charge >= 0.3 is 0 Å². The van der Waals surface area contributed by atoms with E-state index in [0.717, 1.165) is 34.3 Å². The van der Waals surface area contributed by atoms with Crippen LogP contribution in [0.4, 0.5) is 5.69 Å². The van der Waals surface area contributed by atoms with Gasteiger partial charge in [-0.05, 0) is 37.6 Å². The van der Waals surface area contributed by atoms with E-state index in [9.17, 15) is 4.79 Å². The maximum absolute atomic E-state index is 12.3. The van der Waals surface area contributed by atoms with Crippen LogP contribution in [0.2, 0.25) is 5.02 Å². The number of aryl methyl sites for hydroxylation is 1. The molecular weight excluding hydrogens is 368 g/mol. The highest BCUT2D eigenvalue weighted by atomic mass is 35.5. The van der Waals surface area contributed by atoms with Gasteiger partial charge in [-0.15, -0.1) is 10.2 Å². The van der Waals surface area contributed by atoms with Crippen LogP contribution in [0.3, 0.4) is 0 Å². The number of nitrogens with one attached hydrogen (secondary N) is 1. The fourth-order valence-electron chi connectivity index (χ4n) is 2.57. The zero-order valence-electron chi connectivity index (χ0n) is 14.6. The topological polar surface area (TPSA) is 59.8 Å². The van der Waals surface area contributed by atoms with E-state index in [-0.39, 0.29) is 11.7 Å². The lowest BCUT2D eigenvalue weighted by molar-refractivity contribution is -0.113. The van der Waals surface area contributed by atoms with Crippen molar-refractivity contribution in [3.05, 3.63) is 59.1 Å². The Balaban J connectivity index is 1.68. The Kier molecular flexibility index (Phi) is 5.96. The number of hydrogen-bond donors (Lipinski definition) is 1. The van der Waals surface area contributed by atoms with Crippen molar-refractivity contribution in [3.63, 3.8) is 0 Å². The molecule has 0 aliphatic rings. The molecule has 1 heterocycles. The van der Waals surface area contributed by atoms with Gasteiger partial charge in [-0.3, -0.25) is 4.79 Å². The summed E-state index contributed by atoms with van der Waals surface area (Å²) in [6.45, 7) is 4.68. The first-order valence-corrected chi connectivity index (χ1v) is 9.62. The molecule has 0 atom stereocenters. The highest BCUT2D eigenvalue weighted by Gasteiger charge is 2.14. The van der Waals surface area contributed by atoms with Crippen LogP contribution in [-0.2, 0) is 11.3 Å². The monoisotopic (exact) mass is 386 g/mol. The van der Waals surface area contributed by atoms with Gasteiger partial charge in [-0.2, -0.15) is 0 Å². The van der Waals surface area contributed by atoms with E-state index in [2.05, 4.69) is 15.5 Å². The van der Waals surface area contributed by atoms with Crippen LogP contribution < -0.4 is 5.32 Å². The average Bonchev–Trinajstić information content (AvgIpc) is 3.06. The molecule has 26 heavy (non-hydrogen) atoms.